The van der Waals surface area contributed by atoms with Gasteiger partial charge in [0.25, 0.3) is 11.5 Å². The number of hydrogen-bond donors (Lipinski definition) is 2. The van der Waals surface area contributed by atoms with E-state index in [0.717, 1.165) is 10.9 Å². The smallest absolute Gasteiger partial charge is 0.381 e. The normalized spacial score (nSPS) is 11.1. The monoisotopic (exact) mass is 599 g/mol. The number of carbonyl (C=O) groups excluding carboxylic acids is 1. The Hall–Kier alpha value is -5.97. The van der Waals surface area contributed by atoms with E-state index in [4.69, 9.17) is 11.5 Å². The first kappa shape index (κ1) is 29.5. The summed E-state index contributed by atoms with van der Waals surface area (Å²) in [5, 5.41) is 7.79. The molecule has 0 fully saturated rings. The Balaban J connectivity index is 0.000000245. The van der Waals surface area contributed by atoms with Crippen LogP contribution in [0.1, 0.15) is 39.9 Å². The van der Waals surface area contributed by atoms with Crippen LogP contribution < -0.4 is 17.0 Å². The summed E-state index contributed by atoms with van der Waals surface area (Å²) in [7, 11) is 1.21. The molecule has 0 spiro atoms. The summed E-state index contributed by atoms with van der Waals surface area (Å²) in [5.74, 6) is 5.33. The molecule has 4 aromatic heterocycles. The minimum absolute atomic E-state index is 0.103. The Kier molecular flexibility index (Phi) is 7.87. The molecule has 0 aliphatic carbocycles. The number of primary amides is 1. The third-order valence-electron chi connectivity index (χ3n) is 6.51. The minimum Gasteiger partial charge on any atom is -0.381 e. The molecule has 2 aromatic carbocycles. The summed E-state index contributed by atoms with van der Waals surface area (Å²) >= 11 is 0. The van der Waals surface area contributed by atoms with Gasteiger partial charge in [-0.05, 0) is 30.3 Å². The number of amides is 1. The molecule has 0 radical (unpaired) electrons. The zero-order valence-electron chi connectivity index (χ0n) is 23.4. The van der Waals surface area contributed by atoms with Crippen LogP contribution in [-0.2, 0) is 19.6 Å². The number of para-hydroxylation sites is 1. The van der Waals surface area contributed by atoms with Crippen LogP contribution in [-0.4, -0.2) is 39.8 Å². The number of nitrogen functional groups attached to an aromatic ring is 1. The van der Waals surface area contributed by atoms with Crippen LogP contribution in [0.4, 0.5) is 19.0 Å². The van der Waals surface area contributed by atoms with Gasteiger partial charge in [-0.2, -0.15) is 18.3 Å². The largest absolute Gasteiger partial charge is 0.434 e. The van der Waals surface area contributed by atoms with Crippen molar-refractivity contribution in [2.45, 2.75) is 19.5 Å². The molecule has 4 heterocycles. The molecule has 6 rings (SSSR count). The van der Waals surface area contributed by atoms with Crippen LogP contribution in [0.5, 0.6) is 0 Å². The van der Waals surface area contributed by atoms with Crippen LogP contribution in [0.25, 0.3) is 22.2 Å². The highest BCUT2D eigenvalue weighted by molar-refractivity contribution is 6.03. The quantitative estimate of drug-likeness (QED) is 0.295. The van der Waals surface area contributed by atoms with Gasteiger partial charge in [0.15, 0.2) is 17.2 Å². The molecule has 0 aliphatic heterocycles. The molecule has 14 heteroatoms. The molecular formula is C30H24F3N9O2. The van der Waals surface area contributed by atoms with Gasteiger partial charge in [0.2, 0.25) is 0 Å². The SMILES string of the molecule is CCc1nc2cccc(C#Cc3cnn(C)c3C(F)(F)F)c2c(=O)n1-c1ccccc1.NC(=O)c1c(N)nn2cccnc12. The number of nitrogens with two attached hydrogens (primary N) is 2. The number of nitrogens with zero attached hydrogens (tertiary/aromatic N) is 7. The second-order valence-corrected chi connectivity index (χ2v) is 9.35. The van der Waals surface area contributed by atoms with Crippen molar-refractivity contribution >= 4 is 28.3 Å². The molecule has 0 aliphatic rings. The molecule has 6 aromatic rings. The zero-order valence-corrected chi connectivity index (χ0v) is 23.4. The van der Waals surface area contributed by atoms with Crippen LogP contribution in [0.3, 0.4) is 0 Å². The highest BCUT2D eigenvalue weighted by Crippen LogP contribution is 2.31. The van der Waals surface area contributed by atoms with Crippen molar-refractivity contribution in [3.8, 4) is 17.5 Å². The van der Waals surface area contributed by atoms with Gasteiger partial charge >= 0.3 is 6.18 Å². The van der Waals surface area contributed by atoms with Crippen molar-refractivity contribution in [3.63, 3.8) is 0 Å². The highest BCUT2D eigenvalue weighted by Gasteiger charge is 2.37. The minimum atomic E-state index is -4.59. The number of carbonyl (C=O) groups is 1. The first-order valence-electron chi connectivity index (χ1n) is 13.1. The molecular weight excluding hydrogens is 575 g/mol. The van der Waals surface area contributed by atoms with Crippen molar-refractivity contribution in [1.29, 1.82) is 0 Å². The third kappa shape index (κ3) is 5.58. The number of benzene rings is 2. The van der Waals surface area contributed by atoms with Crippen LogP contribution in [0.2, 0.25) is 0 Å². The average molecular weight is 600 g/mol. The summed E-state index contributed by atoms with van der Waals surface area (Å²) in [6, 6.07) is 15.7. The summed E-state index contributed by atoms with van der Waals surface area (Å²) in [6.45, 7) is 1.90. The Morgan fingerprint density at radius 2 is 1.75 bits per heavy atom. The van der Waals surface area contributed by atoms with Crippen molar-refractivity contribution < 1.29 is 18.0 Å². The highest BCUT2D eigenvalue weighted by atomic mass is 19.4. The van der Waals surface area contributed by atoms with Crippen molar-refractivity contribution in [3.05, 3.63) is 112 Å². The average Bonchev–Trinajstić information content (AvgIpc) is 3.55. The maximum atomic E-state index is 13.4. The number of fused-ring (bicyclic) bond motifs is 2. The Labute approximate surface area is 247 Å². The van der Waals surface area contributed by atoms with Crippen LogP contribution in [0.15, 0.2) is 78.0 Å². The van der Waals surface area contributed by atoms with Gasteiger partial charge in [-0.1, -0.05) is 43.0 Å². The molecule has 44 heavy (non-hydrogen) atoms. The van der Waals surface area contributed by atoms with Crippen molar-refractivity contribution in [1.82, 2.24) is 33.9 Å². The topological polar surface area (TPSA) is 152 Å². The number of alkyl halides is 3. The van der Waals surface area contributed by atoms with Gasteiger partial charge < -0.3 is 11.5 Å². The van der Waals surface area contributed by atoms with E-state index >= 15 is 0 Å². The first-order valence-corrected chi connectivity index (χ1v) is 13.1. The summed E-state index contributed by atoms with van der Waals surface area (Å²) in [5.41, 5.74) is 11.0. The van der Waals surface area contributed by atoms with Crippen LogP contribution in [0, 0.1) is 11.8 Å². The van der Waals surface area contributed by atoms with Gasteiger partial charge in [0, 0.05) is 31.4 Å². The molecule has 0 saturated heterocycles. The second kappa shape index (κ2) is 11.7. The predicted molar refractivity (Wildman–Crippen MR) is 157 cm³/mol. The molecule has 222 valence electrons. The zero-order chi connectivity index (χ0) is 31.6. The van der Waals surface area contributed by atoms with Crippen molar-refractivity contribution in [2.75, 3.05) is 5.73 Å². The van der Waals surface area contributed by atoms with Gasteiger partial charge in [0.1, 0.15) is 11.4 Å². The van der Waals surface area contributed by atoms with E-state index in [1.54, 1.807) is 48.8 Å². The van der Waals surface area contributed by atoms with E-state index in [1.807, 2.05) is 25.1 Å². The van der Waals surface area contributed by atoms with E-state index < -0.39 is 17.8 Å². The number of rotatable bonds is 3. The Morgan fingerprint density at radius 3 is 2.43 bits per heavy atom. The predicted octanol–water partition coefficient (Wildman–Crippen LogP) is 3.51. The lowest BCUT2D eigenvalue weighted by Gasteiger charge is -2.13. The summed E-state index contributed by atoms with van der Waals surface area (Å²) < 4.78 is 43.6. The maximum Gasteiger partial charge on any atom is 0.434 e. The standard InChI is InChI=1S/C23H17F3N4O.C7H7N5O/c1-3-19-28-18-11-7-8-15(12-13-16-14-27-29(2)21(16)23(24,25)26)20(18)22(31)30(19)17-9-5-4-6-10-17;8-5-4(6(9)13)7-10-2-1-3-12(7)11-5/h4-11,14H,3H2,1-2H3;1-3H,(H2,8,11)(H2,9,13). The second-order valence-electron chi connectivity index (χ2n) is 9.35. The number of aryl methyl sites for hydroxylation is 2. The summed E-state index contributed by atoms with van der Waals surface area (Å²) in [4.78, 5) is 32.9. The Bertz CT molecular complexity index is 2140. The lowest BCUT2D eigenvalue weighted by atomic mass is 10.1. The number of hydrogen-bond acceptors (Lipinski definition) is 7. The van der Waals surface area contributed by atoms with E-state index in [2.05, 4.69) is 32.0 Å². The molecule has 0 unspecified atom stereocenters. The van der Waals surface area contributed by atoms with Crippen molar-refractivity contribution in [2.24, 2.45) is 12.8 Å². The molecule has 0 saturated carbocycles. The van der Waals surface area contributed by atoms with E-state index in [9.17, 15) is 22.8 Å². The van der Waals surface area contributed by atoms with Crippen LogP contribution >= 0.6 is 0 Å². The third-order valence-corrected chi connectivity index (χ3v) is 6.51. The fourth-order valence-electron chi connectivity index (χ4n) is 4.60. The Morgan fingerprint density at radius 1 is 1.02 bits per heavy atom. The molecule has 4 N–H and O–H groups in total. The van der Waals surface area contributed by atoms with Gasteiger partial charge in [-0.3, -0.25) is 18.8 Å². The first-order chi connectivity index (χ1) is 21.0. The maximum absolute atomic E-state index is 13.4. The lowest BCUT2D eigenvalue weighted by molar-refractivity contribution is -0.143. The number of aromatic nitrogens is 7. The van der Waals surface area contributed by atoms with E-state index in [-0.39, 0.29) is 27.9 Å². The lowest BCUT2D eigenvalue weighted by Crippen LogP contribution is -2.24. The number of anilines is 1. The van der Waals surface area contributed by atoms with Gasteiger partial charge in [-0.25, -0.2) is 14.5 Å². The van der Waals surface area contributed by atoms with Gasteiger partial charge in [-0.15, -0.1) is 5.10 Å². The van der Waals surface area contributed by atoms with E-state index in [0.29, 0.717) is 34.7 Å². The van der Waals surface area contributed by atoms with E-state index in [1.165, 1.54) is 16.1 Å². The fourth-order valence-corrected chi connectivity index (χ4v) is 4.60. The summed E-state index contributed by atoms with van der Waals surface area (Å²) in [6.07, 6.45) is 0.191. The molecule has 1 amide bonds. The number of halogens is 3. The molecule has 0 atom stereocenters. The molecule has 11 nitrogen and oxygen atoms in total. The fraction of sp³-hybridized carbons (Fsp3) is 0.133. The van der Waals surface area contributed by atoms with Gasteiger partial charge in [0.05, 0.1) is 28.4 Å². The molecule has 0 bridgehead atoms.